The normalized spacial score (nSPS) is 11.6. The zero-order valence-corrected chi connectivity index (χ0v) is 13.3. The van der Waals surface area contributed by atoms with Gasteiger partial charge in [-0.15, -0.1) is 0 Å². The van der Waals surface area contributed by atoms with Crippen LogP contribution in [0.1, 0.15) is 44.0 Å². The largest absolute Gasteiger partial charge is 0.455 e. The third-order valence-electron chi connectivity index (χ3n) is 3.38. The van der Waals surface area contributed by atoms with E-state index in [9.17, 15) is 4.79 Å². The van der Waals surface area contributed by atoms with E-state index >= 15 is 0 Å². The molecular weight excluding hydrogens is 258 g/mol. The van der Waals surface area contributed by atoms with Crippen molar-refractivity contribution in [3.8, 4) is 0 Å². The molecule has 0 fully saturated rings. The minimum atomic E-state index is -0.112. The molecule has 1 amide bonds. The quantitative estimate of drug-likeness (QED) is 0.827. The van der Waals surface area contributed by atoms with E-state index in [4.69, 9.17) is 4.42 Å². The van der Waals surface area contributed by atoms with Crippen LogP contribution < -0.4 is 5.32 Å². The van der Waals surface area contributed by atoms with Crippen molar-refractivity contribution in [1.29, 1.82) is 0 Å². The van der Waals surface area contributed by atoms with Crippen LogP contribution in [-0.2, 0) is 5.75 Å². The summed E-state index contributed by atoms with van der Waals surface area (Å²) >= 11 is 1.68. The minimum Gasteiger partial charge on any atom is -0.455 e. The Hall–Kier alpha value is -0.900. The number of amides is 1. The van der Waals surface area contributed by atoms with Crippen LogP contribution in [-0.4, -0.2) is 18.7 Å². The molecule has 0 aliphatic carbocycles. The molecular formula is C15H25NO2S. The number of carbonyl (C=O) groups is 1. The molecule has 0 aromatic carbocycles. The van der Waals surface area contributed by atoms with Gasteiger partial charge in [-0.05, 0) is 36.1 Å². The van der Waals surface area contributed by atoms with E-state index in [0.29, 0.717) is 30.1 Å². The van der Waals surface area contributed by atoms with Crippen LogP contribution in [0.3, 0.4) is 0 Å². The number of nitrogens with one attached hydrogen (secondary N) is 1. The SMILES string of the molecule is CSCc1ccc(C(=O)NCC(C(C)C)C(C)C)o1. The first-order valence-electron chi connectivity index (χ1n) is 6.81. The molecule has 0 saturated heterocycles. The zero-order chi connectivity index (χ0) is 14.4. The molecule has 4 heteroatoms. The Bertz CT molecular complexity index is 391. The maximum Gasteiger partial charge on any atom is 0.287 e. The van der Waals surface area contributed by atoms with Gasteiger partial charge in [-0.3, -0.25) is 4.79 Å². The van der Waals surface area contributed by atoms with Crippen LogP contribution in [0.15, 0.2) is 16.5 Å². The average Bonchev–Trinajstić information content (AvgIpc) is 2.77. The topological polar surface area (TPSA) is 42.2 Å². The number of furan rings is 1. The molecule has 1 heterocycles. The Labute approximate surface area is 120 Å². The van der Waals surface area contributed by atoms with Crippen LogP contribution in [0.2, 0.25) is 0 Å². The van der Waals surface area contributed by atoms with Gasteiger partial charge in [-0.25, -0.2) is 0 Å². The maximum atomic E-state index is 12.0. The molecule has 0 aliphatic rings. The van der Waals surface area contributed by atoms with Crippen molar-refractivity contribution in [2.24, 2.45) is 17.8 Å². The summed E-state index contributed by atoms with van der Waals surface area (Å²) in [6.07, 6.45) is 2.01. The first-order valence-corrected chi connectivity index (χ1v) is 8.21. The van der Waals surface area contributed by atoms with Crippen molar-refractivity contribution in [1.82, 2.24) is 5.32 Å². The highest BCUT2D eigenvalue weighted by molar-refractivity contribution is 7.97. The summed E-state index contributed by atoms with van der Waals surface area (Å²) in [5, 5.41) is 2.98. The highest BCUT2D eigenvalue weighted by Crippen LogP contribution is 2.20. The monoisotopic (exact) mass is 283 g/mol. The van der Waals surface area contributed by atoms with E-state index in [0.717, 1.165) is 11.5 Å². The second-order valence-corrected chi connectivity index (χ2v) is 6.43. The van der Waals surface area contributed by atoms with Crippen LogP contribution in [0.25, 0.3) is 0 Å². The molecule has 0 radical (unpaired) electrons. The van der Waals surface area contributed by atoms with Crippen LogP contribution in [0.4, 0.5) is 0 Å². The number of carbonyl (C=O) groups excluding carboxylic acids is 1. The van der Waals surface area contributed by atoms with Crippen LogP contribution in [0.5, 0.6) is 0 Å². The number of thioether (sulfide) groups is 1. The van der Waals surface area contributed by atoms with Crippen molar-refractivity contribution < 1.29 is 9.21 Å². The van der Waals surface area contributed by atoms with Crippen molar-refractivity contribution in [3.63, 3.8) is 0 Å². The summed E-state index contributed by atoms with van der Waals surface area (Å²) in [5.41, 5.74) is 0. The van der Waals surface area contributed by atoms with Gasteiger partial charge >= 0.3 is 0 Å². The number of hydrogen-bond acceptors (Lipinski definition) is 3. The molecule has 19 heavy (non-hydrogen) atoms. The molecule has 0 unspecified atom stereocenters. The van der Waals surface area contributed by atoms with Gasteiger partial charge in [0.2, 0.25) is 0 Å². The fraction of sp³-hybridized carbons (Fsp3) is 0.667. The molecule has 108 valence electrons. The molecule has 1 rings (SSSR count). The Morgan fingerprint density at radius 1 is 1.26 bits per heavy atom. The lowest BCUT2D eigenvalue weighted by molar-refractivity contribution is 0.0908. The third kappa shape index (κ3) is 4.94. The Morgan fingerprint density at radius 2 is 1.89 bits per heavy atom. The van der Waals surface area contributed by atoms with E-state index in [2.05, 4.69) is 33.0 Å². The third-order valence-corrected chi connectivity index (χ3v) is 3.96. The molecule has 1 N–H and O–H groups in total. The summed E-state index contributed by atoms with van der Waals surface area (Å²) in [5.74, 6) is 3.56. The predicted octanol–water partition coefficient (Wildman–Crippen LogP) is 3.80. The van der Waals surface area contributed by atoms with Gasteiger partial charge in [0.05, 0.1) is 5.75 Å². The highest BCUT2D eigenvalue weighted by atomic mass is 32.2. The van der Waals surface area contributed by atoms with E-state index < -0.39 is 0 Å². The maximum absolute atomic E-state index is 12.0. The first kappa shape index (κ1) is 16.2. The minimum absolute atomic E-state index is 0.112. The zero-order valence-electron chi connectivity index (χ0n) is 12.5. The van der Waals surface area contributed by atoms with Crippen molar-refractivity contribution >= 4 is 17.7 Å². The lowest BCUT2D eigenvalue weighted by Crippen LogP contribution is -2.33. The molecule has 0 saturated carbocycles. The van der Waals surface area contributed by atoms with E-state index in [1.54, 1.807) is 17.8 Å². The number of hydrogen-bond donors (Lipinski definition) is 1. The molecule has 0 bridgehead atoms. The van der Waals surface area contributed by atoms with Gasteiger partial charge in [0.15, 0.2) is 5.76 Å². The second kappa shape index (κ2) is 7.63. The van der Waals surface area contributed by atoms with E-state index in [-0.39, 0.29) is 5.91 Å². The molecule has 1 aromatic rings. The first-order chi connectivity index (χ1) is 8.95. The van der Waals surface area contributed by atoms with Crippen molar-refractivity contribution in [2.75, 3.05) is 12.8 Å². The van der Waals surface area contributed by atoms with Crippen molar-refractivity contribution in [3.05, 3.63) is 23.7 Å². The van der Waals surface area contributed by atoms with Gasteiger partial charge in [0, 0.05) is 6.54 Å². The molecule has 0 atom stereocenters. The van der Waals surface area contributed by atoms with Gasteiger partial charge in [-0.1, -0.05) is 27.7 Å². The van der Waals surface area contributed by atoms with Crippen LogP contribution in [0, 0.1) is 17.8 Å². The lowest BCUT2D eigenvalue weighted by atomic mass is 9.85. The Balaban J connectivity index is 2.54. The van der Waals surface area contributed by atoms with Gasteiger partial charge < -0.3 is 9.73 Å². The summed E-state index contributed by atoms with van der Waals surface area (Å²) in [7, 11) is 0. The number of rotatable bonds is 7. The second-order valence-electron chi connectivity index (χ2n) is 5.56. The Kier molecular flexibility index (Phi) is 6.49. The fourth-order valence-electron chi connectivity index (χ4n) is 2.26. The standard InChI is InChI=1S/C15H25NO2S/c1-10(2)13(11(3)4)8-16-15(17)14-7-6-12(18-14)9-19-5/h6-7,10-11,13H,8-9H2,1-5H3,(H,16,17). The van der Waals surface area contributed by atoms with Crippen molar-refractivity contribution in [2.45, 2.75) is 33.4 Å². The lowest BCUT2D eigenvalue weighted by Gasteiger charge is -2.24. The molecule has 1 aromatic heterocycles. The fourth-order valence-corrected chi connectivity index (χ4v) is 2.70. The summed E-state index contributed by atoms with van der Waals surface area (Å²) < 4.78 is 5.51. The molecule has 0 spiro atoms. The van der Waals surface area contributed by atoms with E-state index in [1.807, 2.05) is 12.3 Å². The van der Waals surface area contributed by atoms with E-state index in [1.165, 1.54) is 0 Å². The summed E-state index contributed by atoms with van der Waals surface area (Å²) in [6, 6.07) is 3.62. The van der Waals surface area contributed by atoms with Gasteiger partial charge in [-0.2, -0.15) is 11.8 Å². The van der Waals surface area contributed by atoms with Gasteiger partial charge in [0.1, 0.15) is 5.76 Å². The molecule has 3 nitrogen and oxygen atoms in total. The highest BCUT2D eigenvalue weighted by Gasteiger charge is 2.19. The van der Waals surface area contributed by atoms with Crippen LogP contribution >= 0.6 is 11.8 Å². The Morgan fingerprint density at radius 3 is 2.42 bits per heavy atom. The molecule has 0 aliphatic heterocycles. The summed E-state index contributed by atoms with van der Waals surface area (Å²) in [6.45, 7) is 9.48. The smallest absolute Gasteiger partial charge is 0.287 e. The summed E-state index contributed by atoms with van der Waals surface area (Å²) in [4.78, 5) is 12.0. The average molecular weight is 283 g/mol. The van der Waals surface area contributed by atoms with Gasteiger partial charge in [0.25, 0.3) is 5.91 Å². The predicted molar refractivity (Wildman–Crippen MR) is 81.4 cm³/mol.